The van der Waals surface area contributed by atoms with Crippen LogP contribution in [0.4, 0.5) is 0 Å². The number of carboxylic acids is 1. The third-order valence-electron chi connectivity index (χ3n) is 6.62. The van der Waals surface area contributed by atoms with Crippen LogP contribution in [0.1, 0.15) is 46.5 Å². The van der Waals surface area contributed by atoms with Gasteiger partial charge >= 0.3 is 5.97 Å². The number of hydrogen-bond donors (Lipinski definition) is 1. The highest BCUT2D eigenvalue weighted by atomic mass is 16.4. The van der Waals surface area contributed by atoms with Gasteiger partial charge < -0.3 is 5.11 Å². The third-order valence-corrected chi connectivity index (χ3v) is 6.62. The normalized spacial score (nSPS) is 55.9. The van der Waals surface area contributed by atoms with Crippen molar-refractivity contribution in [2.24, 2.45) is 28.1 Å². The third kappa shape index (κ3) is 1.01. The van der Waals surface area contributed by atoms with E-state index in [0.29, 0.717) is 11.8 Å². The first kappa shape index (κ1) is 11.3. The summed E-state index contributed by atoms with van der Waals surface area (Å²) in [4.78, 5) is 11.9. The Hall–Kier alpha value is -0.790. The maximum Gasteiger partial charge on any atom is 0.310 e. The molecule has 0 unspecified atom stereocenters. The molecule has 0 aromatic rings. The summed E-state index contributed by atoms with van der Waals surface area (Å²) in [7, 11) is 0. The molecule has 1 spiro atoms. The van der Waals surface area contributed by atoms with E-state index in [-0.39, 0.29) is 10.8 Å². The number of allylic oxidation sites excluding steroid dienone is 2. The van der Waals surface area contributed by atoms with Crippen molar-refractivity contribution in [2.75, 3.05) is 0 Å². The Morgan fingerprint density at radius 2 is 1.94 bits per heavy atom. The molecular weight excluding hydrogens is 212 g/mol. The van der Waals surface area contributed by atoms with Gasteiger partial charge in [0.2, 0.25) is 0 Å². The molecule has 94 valence electrons. The van der Waals surface area contributed by atoms with Crippen LogP contribution in [-0.2, 0) is 4.79 Å². The molecule has 2 bridgehead atoms. The van der Waals surface area contributed by atoms with Crippen LogP contribution >= 0.6 is 0 Å². The molecule has 0 radical (unpaired) electrons. The van der Waals surface area contributed by atoms with E-state index in [1.807, 2.05) is 6.92 Å². The van der Waals surface area contributed by atoms with E-state index in [1.165, 1.54) is 12.8 Å². The quantitative estimate of drug-likeness (QED) is 0.705. The van der Waals surface area contributed by atoms with Crippen molar-refractivity contribution in [2.45, 2.75) is 46.5 Å². The number of hydrogen-bond acceptors (Lipinski definition) is 1. The van der Waals surface area contributed by atoms with Crippen LogP contribution in [0.5, 0.6) is 0 Å². The molecule has 0 amide bonds. The Labute approximate surface area is 103 Å². The van der Waals surface area contributed by atoms with E-state index in [4.69, 9.17) is 0 Å². The number of carbonyl (C=O) groups is 1. The summed E-state index contributed by atoms with van der Waals surface area (Å²) < 4.78 is 0. The Morgan fingerprint density at radius 1 is 1.24 bits per heavy atom. The van der Waals surface area contributed by atoms with Crippen molar-refractivity contribution < 1.29 is 9.90 Å². The zero-order valence-corrected chi connectivity index (χ0v) is 11.0. The summed E-state index contributed by atoms with van der Waals surface area (Å²) in [6.07, 6.45) is 9.10. The van der Waals surface area contributed by atoms with Crippen LogP contribution < -0.4 is 0 Å². The molecule has 2 nitrogen and oxygen atoms in total. The minimum absolute atomic E-state index is 0.144. The highest BCUT2D eigenvalue weighted by Crippen LogP contribution is 2.71. The summed E-state index contributed by atoms with van der Waals surface area (Å²) >= 11 is 0. The van der Waals surface area contributed by atoms with Crippen molar-refractivity contribution >= 4 is 5.97 Å². The first-order valence-corrected chi connectivity index (χ1v) is 6.81. The summed E-state index contributed by atoms with van der Waals surface area (Å²) in [5.41, 5.74) is -0.523. The van der Waals surface area contributed by atoms with Gasteiger partial charge in [-0.25, -0.2) is 0 Å². The molecule has 2 heteroatoms. The summed E-state index contributed by atoms with van der Waals surface area (Å²) in [6.45, 7) is 6.44. The molecule has 0 saturated heterocycles. The highest BCUT2D eigenvalue weighted by molar-refractivity contribution is 5.77. The van der Waals surface area contributed by atoms with Gasteiger partial charge in [-0.2, -0.15) is 0 Å². The number of rotatable bonds is 1. The number of fused-ring (bicyclic) bond motifs is 1. The molecule has 4 aliphatic carbocycles. The second kappa shape index (κ2) is 2.96. The second-order valence-electron chi connectivity index (χ2n) is 6.90. The minimum atomic E-state index is -0.590. The van der Waals surface area contributed by atoms with Crippen LogP contribution in [0.3, 0.4) is 0 Å². The van der Waals surface area contributed by atoms with E-state index >= 15 is 0 Å². The van der Waals surface area contributed by atoms with E-state index < -0.39 is 11.4 Å². The largest absolute Gasteiger partial charge is 0.481 e. The van der Waals surface area contributed by atoms with E-state index in [0.717, 1.165) is 12.8 Å². The van der Waals surface area contributed by atoms with Crippen LogP contribution in [0.15, 0.2) is 12.2 Å². The molecule has 5 atom stereocenters. The van der Waals surface area contributed by atoms with Crippen molar-refractivity contribution in [3.8, 4) is 0 Å². The molecule has 2 saturated carbocycles. The molecule has 0 aromatic heterocycles. The fraction of sp³-hybridized carbons (Fsp3) is 0.800. The van der Waals surface area contributed by atoms with E-state index in [9.17, 15) is 9.90 Å². The van der Waals surface area contributed by atoms with Gasteiger partial charge in [-0.15, -0.1) is 0 Å². The molecule has 17 heavy (non-hydrogen) atoms. The molecule has 1 N–H and O–H groups in total. The predicted molar refractivity (Wildman–Crippen MR) is 66.5 cm³/mol. The lowest BCUT2D eigenvalue weighted by Gasteiger charge is -2.61. The first-order valence-electron chi connectivity index (χ1n) is 6.81. The molecule has 2 fully saturated rings. The first-order chi connectivity index (χ1) is 7.87. The molecule has 4 rings (SSSR count). The predicted octanol–water partition coefficient (Wildman–Crippen LogP) is 3.48. The van der Waals surface area contributed by atoms with Gasteiger partial charge in [-0.1, -0.05) is 26.0 Å². The van der Waals surface area contributed by atoms with Gasteiger partial charge in [0, 0.05) is 5.41 Å². The smallest absolute Gasteiger partial charge is 0.310 e. The summed E-state index contributed by atoms with van der Waals surface area (Å²) in [5.74, 6) is 0.394. The van der Waals surface area contributed by atoms with Crippen molar-refractivity contribution in [1.29, 1.82) is 0 Å². The van der Waals surface area contributed by atoms with Crippen molar-refractivity contribution in [3.63, 3.8) is 0 Å². The zero-order chi connectivity index (χ0) is 12.5. The Morgan fingerprint density at radius 3 is 2.47 bits per heavy atom. The topological polar surface area (TPSA) is 37.3 Å². The monoisotopic (exact) mass is 234 g/mol. The standard InChI is InChI=1S/C15H22O2/c1-10-4-5-11-14(3,12(16)17)13(2)6-8-15(10,11)9-7-13/h6,8,10-11H,4-5,7,9H2,1-3H3,(H,16,17)/t10-,11-,13-,14+,15+/m1/s1. The average molecular weight is 234 g/mol. The molecule has 0 aromatic carbocycles. The van der Waals surface area contributed by atoms with Gasteiger partial charge in [0.05, 0.1) is 5.41 Å². The lowest BCUT2D eigenvalue weighted by Crippen LogP contribution is -2.59. The fourth-order valence-electron chi connectivity index (χ4n) is 5.03. The fourth-order valence-corrected chi connectivity index (χ4v) is 5.03. The molecular formula is C15H22O2. The maximum atomic E-state index is 11.9. The molecule has 0 aliphatic heterocycles. The Bertz CT molecular complexity index is 413. The lowest BCUT2D eigenvalue weighted by atomic mass is 9.42. The van der Waals surface area contributed by atoms with E-state index in [2.05, 4.69) is 26.0 Å². The van der Waals surface area contributed by atoms with Gasteiger partial charge in [0.25, 0.3) is 0 Å². The van der Waals surface area contributed by atoms with Gasteiger partial charge in [-0.3, -0.25) is 4.79 Å². The maximum absolute atomic E-state index is 11.9. The Kier molecular flexibility index (Phi) is 1.97. The Balaban J connectivity index is 2.20. The van der Waals surface area contributed by atoms with Crippen LogP contribution in [0.25, 0.3) is 0 Å². The van der Waals surface area contributed by atoms with Crippen LogP contribution in [-0.4, -0.2) is 11.1 Å². The zero-order valence-electron chi connectivity index (χ0n) is 11.0. The highest BCUT2D eigenvalue weighted by Gasteiger charge is 2.68. The molecule has 0 heterocycles. The number of aliphatic carboxylic acids is 1. The molecule has 4 aliphatic rings. The van der Waals surface area contributed by atoms with Crippen LogP contribution in [0, 0.1) is 28.1 Å². The van der Waals surface area contributed by atoms with Crippen molar-refractivity contribution in [3.05, 3.63) is 12.2 Å². The SMILES string of the molecule is C[C@@H]1CC[C@H]2[C@]13C=C[C@](C)(CC3)[C@]2(C)C(=O)O. The minimum Gasteiger partial charge on any atom is -0.481 e. The van der Waals surface area contributed by atoms with Gasteiger partial charge in [0.15, 0.2) is 0 Å². The van der Waals surface area contributed by atoms with Crippen LogP contribution in [0.2, 0.25) is 0 Å². The van der Waals surface area contributed by atoms with E-state index in [1.54, 1.807) is 0 Å². The van der Waals surface area contributed by atoms with Crippen molar-refractivity contribution in [1.82, 2.24) is 0 Å². The number of carboxylic acid groups (broad SMARTS) is 1. The second-order valence-corrected chi connectivity index (χ2v) is 6.90. The average Bonchev–Trinajstić information content (AvgIpc) is 2.61. The lowest BCUT2D eigenvalue weighted by molar-refractivity contribution is -0.173. The summed E-state index contributed by atoms with van der Waals surface area (Å²) in [5, 5.41) is 9.78. The van der Waals surface area contributed by atoms with Gasteiger partial charge in [0.1, 0.15) is 0 Å². The summed E-state index contributed by atoms with van der Waals surface area (Å²) in [6, 6.07) is 0. The van der Waals surface area contributed by atoms with Gasteiger partial charge in [-0.05, 0) is 49.9 Å².